The number of carbonyl (C=O) groups excluding carboxylic acids is 5. The Morgan fingerprint density at radius 2 is 1.58 bits per heavy atom. The Hall–Kier alpha value is -3.63. The molecule has 0 atom stereocenters. The highest BCUT2D eigenvalue weighted by Gasteiger charge is 2.38. The summed E-state index contributed by atoms with van der Waals surface area (Å²) in [6.07, 6.45) is 0. The van der Waals surface area contributed by atoms with E-state index in [-0.39, 0.29) is 45.0 Å². The van der Waals surface area contributed by atoms with E-state index in [1.54, 1.807) is 0 Å². The monoisotopic (exact) mass is 492 g/mol. The van der Waals surface area contributed by atoms with Crippen LogP contribution in [0.2, 0.25) is 10.0 Å². The van der Waals surface area contributed by atoms with Crippen LogP contribution in [0.4, 0.5) is 5.69 Å². The number of ether oxygens (including phenoxy) is 3. The lowest BCUT2D eigenvalue weighted by atomic mass is 10.1. The van der Waals surface area contributed by atoms with E-state index in [0.717, 1.165) is 0 Å². The molecule has 0 saturated heterocycles. The molecule has 0 aromatic heterocycles. The molecule has 3 amide bonds. The maximum Gasteiger partial charge on any atom is 0.326 e. The molecule has 2 aliphatic rings. The van der Waals surface area contributed by atoms with Crippen molar-refractivity contribution < 1.29 is 38.2 Å². The van der Waals surface area contributed by atoms with Gasteiger partial charge in [-0.2, -0.15) is 0 Å². The molecule has 2 aromatic rings. The molecule has 0 unspecified atom stereocenters. The summed E-state index contributed by atoms with van der Waals surface area (Å²) in [5.41, 5.74) is 0.364. The number of hydrogen-bond donors (Lipinski definition) is 1. The Bertz CT molecular complexity index is 1200. The molecule has 0 spiro atoms. The predicted molar refractivity (Wildman–Crippen MR) is 114 cm³/mol. The number of nitrogens with zero attached hydrogens (tertiary/aromatic N) is 1. The lowest BCUT2D eigenvalue weighted by molar-refractivity contribution is -0.147. The third-order valence-corrected chi connectivity index (χ3v) is 5.55. The molecule has 10 nitrogen and oxygen atoms in total. The number of Topliss-reactive ketones (excluding diaryl/α,β-unsaturated/α-hetero) is 1. The van der Waals surface area contributed by atoms with Crippen molar-refractivity contribution in [1.82, 2.24) is 4.90 Å². The van der Waals surface area contributed by atoms with Crippen molar-refractivity contribution >= 4 is 58.4 Å². The SMILES string of the molecule is CC(=O)c1cc2c(cc1NC(=O)COC(=O)CN1C(=O)c3cc(Cl)c(Cl)cc3C1=O)OCO2. The van der Waals surface area contributed by atoms with Crippen molar-refractivity contribution in [3.8, 4) is 11.5 Å². The predicted octanol–water partition coefficient (Wildman–Crippen LogP) is 2.70. The number of esters is 1. The van der Waals surface area contributed by atoms with Gasteiger partial charge < -0.3 is 19.5 Å². The number of imide groups is 1. The quantitative estimate of drug-likeness (QED) is 0.370. The largest absolute Gasteiger partial charge is 0.454 e. The second-order valence-corrected chi connectivity index (χ2v) is 7.84. The Morgan fingerprint density at radius 1 is 1.00 bits per heavy atom. The molecule has 12 heteroatoms. The lowest BCUT2D eigenvalue weighted by Crippen LogP contribution is -2.36. The molecule has 2 heterocycles. The van der Waals surface area contributed by atoms with Gasteiger partial charge in [-0.05, 0) is 25.1 Å². The van der Waals surface area contributed by atoms with Gasteiger partial charge in [-0.15, -0.1) is 0 Å². The van der Waals surface area contributed by atoms with Gasteiger partial charge in [0.15, 0.2) is 23.9 Å². The van der Waals surface area contributed by atoms with Gasteiger partial charge >= 0.3 is 5.97 Å². The molecule has 2 aliphatic heterocycles. The molecule has 2 aromatic carbocycles. The summed E-state index contributed by atoms with van der Waals surface area (Å²) in [5.74, 6) is -2.82. The maximum atomic E-state index is 12.4. The third kappa shape index (κ3) is 4.35. The van der Waals surface area contributed by atoms with Crippen LogP contribution in [-0.4, -0.2) is 54.3 Å². The van der Waals surface area contributed by atoms with Crippen molar-refractivity contribution in [2.24, 2.45) is 0 Å². The molecule has 0 radical (unpaired) electrons. The van der Waals surface area contributed by atoms with E-state index in [1.807, 2.05) is 0 Å². The highest BCUT2D eigenvalue weighted by Crippen LogP contribution is 2.37. The molecule has 0 bridgehead atoms. The fourth-order valence-electron chi connectivity index (χ4n) is 3.27. The number of hydrogen-bond acceptors (Lipinski definition) is 8. The summed E-state index contributed by atoms with van der Waals surface area (Å²) in [6.45, 7) is -0.128. The molecular weight excluding hydrogens is 479 g/mol. The first-order chi connectivity index (χ1) is 15.7. The van der Waals surface area contributed by atoms with Crippen LogP contribution in [0, 0.1) is 0 Å². The highest BCUT2D eigenvalue weighted by molar-refractivity contribution is 6.43. The van der Waals surface area contributed by atoms with Crippen LogP contribution in [0.3, 0.4) is 0 Å². The van der Waals surface area contributed by atoms with E-state index in [1.165, 1.54) is 31.2 Å². The van der Waals surface area contributed by atoms with Crippen molar-refractivity contribution in [2.45, 2.75) is 6.92 Å². The van der Waals surface area contributed by atoms with Crippen molar-refractivity contribution in [2.75, 3.05) is 25.3 Å². The molecule has 0 saturated carbocycles. The number of nitrogens with one attached hydrogen (secondary N) is 1. The van der Waals surface area contributed by atoms with Crippen molar-refractivity contribution in [3.63, 3.8) is 0 Å². The van der Waals surface area contributed by atoms with Gasteiger partial charge in [0.05, 0.1) is 26.9 Å². The molecule has 4 rings (SSSR count). The number of rotatable bonds is 6. The number of benzene rings is 2. The van der Waals surface area contributed by atoms with Gasteiger partial charge in [0.1, 0.15) is 6.54 Å². The Morgan fingerprint density at radius 3 is 2.15 bits per heavy atom. The second kappa shape index (κ2) is 8.72. The first kappa shape index (κ1) is 22.6. The first-order valence-corrected chi connectivity index (χ1v) is 10.2. The lowest BCUT2D eigenvalue weighted by Gasteiger charge is -2.14. The summed E-state index contributed by atoms with van der Waals surface area (Å²) in [4.78, 5) is 61.9. The third-order valence-electron chi connectivity index (χ3n) is 4.83. The normalized spacial score (nSPS) is 13.7. The summed E-state index contributed by atoms with van der Waals surface area (Å²) >= 11 is 11.8. The van der Waals surface area contributed by atoms with Gasteiger partial charge in [-0.3, -0.25) is 28.9 Å². The molecule has 170 valence electrons. The topological polar surface area (TPSA) is 128 Å². The molecule has 0 aliphatic carbocycles. The van der Waals surface area contributed by atoms with E-state index < -0.39 is 36.8 Å². The van der Waals surface area contributed by atoms with Crippen LogP contribution in [0.25, 0.3) is 0 Å². The standard InChI is InChI=1S/C21H14Cl2N2O8/c1-9(26)10-4-16-17(33-8-32-16)5-15(10)24-18(27)7-31-19(28)6-25-20(29)11-2-13(22)14(23)3-12(11)21(25)30/h2-5H,6-8H2,1H3,(H,24,27). The van der Waals surface area contributed by atoms with Gasteiger partial charge in [-0.1, -0.05) is 23.2 Å². The minimum atomic E-state index is -0.991. The molecule has 1 N–H and O–H groups in total. The zero-order chi connectivity index (χ0) is 23.9. The minimum Gasteiger partial charge on any atom is -0.454 e. The van der Waals surface area contributed by atoms with E-state index >= 15 is 0 Å². The average Bonchev–Trinajstić information content (AvgIpc) is 3.31. The van der Waals surface area contributed by atoms with Crippen LogP contribution in [0.5, 0.6) is 11.5 Å². The number of carbonyl (C=O) groups is 5. The Balaban J connectivity index is 1.37. The number of amides is 3. The van der Waals surface area contributed by atoms with E-state index in [2.05, 4.69) is 5.32 Å². The van der Waals surface area contributed by atoms with E-state index in [9.17, 15) is 24.0 Å². The zero-order valence-corrected chi connectivity index (χ0v) is 18.4. The van der Waals surface area contributed by atoms with E-state index in [0.29, 0.717) is 16.4 Å². The fourth-order valence-corrected chi connectivity index (χ4v) is 3.60. The van der Waals surface area contributed by atoms with Gasteiger partial charge in [0.2, 0.25) is 6.79 Å². The van der Waals surface area contributed by atoms with Crippen LogP contribution >= 0.6 is 23.2 Å². The Labute approximate surface area is 196 Å². The zero-order valence-electron chi connectivity index (χ0n) is 16.9. The van der Waals surface area contributed by atoms with Gasteiger partial charge in [-0.25, -0.2) is 0 Å². The second-order valence-electron chi connectivity index (χ2n) is 7.02. The molecular formula is C21H14Cl2N2O8. The molecule has 33 heavy (non-hydrogen) atoms. The molecule has 0 fully saturated rings. The van der Waals surface area contributed by atoms with Crippen LogP contribution < -0.4 is 14.8 Å². The minimum absolute atomic E-state index is 0.0134. The summed E-state index contributed by atoms with van der Waals surface area (Å²) in [6, 6.07) is 5.35. The summed E-state index contributed by atoms with van der Waals surface area (Å²) in [7, 11) is 0. The van der Waals surface area contributed by atoms with Crippen LogP contribution in [-0.2, 0) is 14.3 Å². The first-order valence-electron chi connectivity index (χ1n) is 9.41. The number of fused-ring (bicyclic) bond motifs is 2. The average molecular weight is 493 g/mol. The highest BCUT2D eigenvalue weighted by atomic mass is 35.5. The van der Waals surface area contributed by atoms with Crippen LogP contribution in [0.1, 0.15) is 38.0 Å². The van der Waals surface area contributed by atoms with Gasteiger partial charge in [0.25, 0.3) is 17.7 Å². The smallest absolute Gasteiger partial charge is 0.326 e. The van der Waals surface area contributed by atoms with Crippen LogP contribution in [0.15, 0.2) is 24.3 Å². The summed E-state index contributed by atoms with van der Waals surface area (Å²) < 4.78 is 15.3. The van der Waals surface area contributed by atoms with E-state index in [4.69, 9.17) is 37.4 Å². The number of anilines is 1. The van der Waals surface area contributed by atoms with Gasteiger partial charge in [0, 0.05) is 11.6 Å². The fraction of sp³-hybridized carbons (Fsp3) is 0.190. The Kier molecular flexibility index (Phi) is 5.96. The van der Waals surface area contributed by atoms with Crippen molar-refractivity contribution in [3.05, 3.63) is 51.0 Å². The summed E-state index contributed by atoms with van der Waals surface area (Å²) in [5, 5.41) is 2.64. The maximum absolute atomic E-state index is 12.4. The number of halogens is 2. The van der Waals surface area contributed by atoms with Crippen molar-refractivity contribution in [1.29, 1.82) is 0 Å². The number of ketones is 1.